The minimum absolute atomic E-state index is 0.184. The molecule has 0 saturated carbocycles. The molecule has 1 atom stereocenters. The average molecular weight is 294 g/mol. The molecular weight excluding hydrogens is 272 g/mol. The Labute approximate surface area is 124 Å². The van der Waals surface area contributed by atoms with Gasteiger partial charge in [0.15, 0.2) is 0 Å². The van der Waals surface area contributed by atoms with Crippen LogP contribution in [0.25, 0.3) is 0 Å². The van der Waals surface area contributed by atoms with E-state index in [2.05, 4.69) is 10.6 Å². The van der Waals surface area contributed by atoms with E-state index in [9.17, 15) is 9.59 Å². The number of rotatable bonds is 7. The van der Waals surface area contributed by atoms with Crippen LogP contribution in [0.3, 0.4) is 0 Å². The van der Waals surface area contributed by atoms with Crippen LogP contribution in [0.1, 0.15) is 19.4 Å². The van der Waals surface area contributed by atoms with Gasteiger partial charge in [-0.1, -0.05) is 26.0 Å². The summed E-state index contributed by atoms with van der Waals surface area (Å²) in [6.45, 7) is 6.05. The second-order valence-corrected chi connectivity index (χ2v) is 5.13. The summed E-state index contributed by atoms with van der Waals surface area (Å²) in [6.07, 6.45) is 0. The SMILES string of the molecule is Cc1cccc(OCCNC(=O)N[C@H](C(=O)O)C(C)C)c1. The van der Waals surface area contributed by atoms with Gasteiger partial charge in [0.25, 0.3) is 0 Å². The molecule has 0 fully saturated rings. The molecule has 2 amide bonds. The van der Waals surface area contributed by atoms with Gasteiger partial charge in [0.05, 0.1) is 6.54 Å². The summed E-state index contributed by atoms with van der Waals surface area (Å²) in [5.74, 6) is -0.490. The Morgan fingerprint density at radius 1 is 1.33 bits per heavy atom. The molecule has 6 nitrogen and oxygen atoms in total. The van der Waals surface area contributed by atoms with Crippen LogP contribution in [-0.4, -0.2) is 36.3 Å². The summed E-state index contributed by atoms with van der Waals surface area (Å²) in [5, 5.41) is 14.0. The Kier molecular flexibility index (Phi) is 6.52. The van der Waals surface area contributed by atoms with E-state index in [4.69, 9.17) is 9.84 Å². The zero-order valence-corrected chi connectivity index (χ0v) is 12.6. The smallest absolute Gasteiger partial charge is 0.326 e. The van der Waals surface area contributed by atoms with Gasteiger partial charge in [-0.3, -0.25) is 0 Å². The van der Waals surface area contributed by atoms with Crippen molar-refractivity contribution in [1.29, 1.82) is 0 Å². The van der Waals surface area contributed by atoms with Crippen LogP contribution in [-0.2, 0) is 4.79 Å². The van der Waals surface area contributed by atoms with Crippen molar-refractivity contribution in [1.82, 2.24) is 10.6 Å². The maximum atomic E-state index is 11.6. The monoisotopic (exact) mass is 294 g/mol. The molecule has 6 heteroatoms. The molecule has 0 saturated heterocycles. The number of carbonyl (C=O) groups is 2. The van der Waals surface area contributed by atoms with Crippen molar-refractivity contribution in [3.63, 3.8) is 0 Å². The van der Waals surface area contributed by atoms with Gasteiger partial charge in [0.2, 0.25) is 0 Å². The number of aliphatic carboxylic acids is 1. The minimum atomic E-state index is -1.05. The first-order valence-corrected chi connectivity index (χ1v) is 6.86. The van der Waals surface area contributed by atoms with Gasteiger partial charge in [-0.2, -0.15) is 0 Å². The minimum Gasteiger partial charge on any atom is -0.492 e. The summed E-state index contributed by atoms with van der Waals surface area (Å²) in [4.78, 5) is 22.5. The van der Waals surface area contributed by atoms with Crippen LogP contribution < -0.4 is 15.4 Å². The maximum absolute atomic E-state index is 11.6. The number of urea groups is 1. The highest BCUT2D eigenvalue weighted by Crippen LogP contribution is 2.11. The molecule has 0 heterocycles. The molecule has 116 valence electrons. The molecular formula is C15H22N2O4. The van der Waals surface area contributed by atoms with E-state index in [0.29, 0.717) is 13.2 Å². The van der Waals surface area contributed by atoms with Gasteiger partial charge in [-0.15, -0.1) is 0 Å². The fourth-order valence-electron chi connectivity index (χ4n) is 1.74. The number of ether oxygens (including phenoxy) is 1. The molecule has 3 N–H and O–H groups in total. The number of nitrogens with one attached hydrogen (secondary N) is 2. The first-order chi connectivity index (χ1) is 9.90. The summed E-state index contributed by atoms with van der Waals surface area (Å²) in [5.41, 5.74) is 1.10. The van der Waals surface area contributed by atoms with Crippen LogP contribution in [0.5, 0.6) is 5.75 Å². The topological polar surface area (TPSA) is 87.7 Å². The van der Waals surface area contributed by atoms with Crippen LogP contribution in [0.4, 0.5) is 4.79 Å². The number of aryl methyl sites for hydroxylation is 1. The lowest BCUT2D eigenvalue weighted by Gasteiger charge is -2.18. The van der Waals surface area contributed by atoms with Crippen molar-refractivity contribution in [3.05, 3.63) is 29.8 Å². The molecule has 0 radical (unpaired) electrons. The molecule has 21 heavy (non-hydrogen) atoms. The van der Waals surface area contributed by atoms with Gasteiger partial charge in [-0.25, -0.2) is 9.59 Å². The number of carbonyl (C=O) groups excluding carboxylic acids is 1. The third-order valence-corrected chi connectivity index (χ3v) is 2.87. The molecule has 1 aromatic rings. The third kappa shape index (κ3) is 6.16. The highest BCUT2D eigenvalue weighted by molar-refractivity contribution is 5.82. The van der Waals surface area contributed by atoms with E-state index >= 15 is 0 Å². The predicted octanol–water partition coefficient (Wildman–Crippen LogP) is 1.78. The summed E-state index contributed by atoms with van der Waals surface area (Å²) in [7, 11) is 0. The fraction of sp³-hybridized carbons (Fsp3) is 0.467. The third-order valence-electron chi connectivity index (χ3n) is 2.87. The van der Waals surface area contributed by atoms with E-state index in [1.54, 1.807) is 13.8 Å². The molecule has 0 aliphatic heterocycles. The maximum Gasteiger partial charge on any atom is 0.326 e. The van der Waals surface area contributed by atoms with Gasteiger partial charge < -0.3 is 20.5 Å². The number of hydrogen-bond acceptors (Lipinski definition) is 3. The Morgan fingerprint density at radius 2 is 2.05 bits per heavy atom. The number of benzene rings is 1. The van der Waals surface area contributed by atoms with Crippen LogP contribution >= 0.6 is 0 Å². The quantitative estimate of drug-likeness (QED) is 0.669. The Morgan fingerprint density at radius 3 is 2.62 bits per heavy atom. The summed E-state index contributed by atoms with van der Waals surface area (Å²) in [6, 6.07) is 6.19. The molecule has 1 rings (SSSR count). The Balaban J connectivity index is 2.29. The van der Waals surface area contributed by atoms with E-state index < -0.39 is 18.0 Å². The van der Waals surface area contributed by atoms with E-state index in [0.717, 1.165) is 11.3 Å². The van der Waals surface area contributed by atoms with E-state index in [1.165, 1.54) is 0 Å². The summed E-state index contributed by atoms with van der Waals surface area (Å²) < 4.78 is 5.48. The summed E-state index contributed by atoms with van der Waals surface area (Å²) >= 11 is 0. The fourth-order valence-corrected chi connectivity index (χ4v) is 1.74. The van der Waals surface area contributed by atoms with Crippen LogP contribution in [0, 0.1) is 12.8 Å². The number of carboxylic acids is 1. The Hall–Kier alpha value is -2.24. The highest BCUT2D eigenvalue weighted by atomic mass is 16.5. The van der Waals surface area contributed by atoms with Crippen molar-refractivity contribution in [3.8, 4) is 5.75 Å². The van der Waals surface area contributed by atoms with Crippen LogP contribution in [0.2, 0.25) is 0 Å². The van der Waals surface area contributed by atoms with Gasteiger partial charge >= 0.3 is 12.0 Å². The normalized spacial score (nSPS) is 11.8. The van der Waals surface area contributed by atoms with Crippen molar-refractivity contribution < 1.29 is 19.4 Å². The first kappa shape index (κ1) is 16.8. The van der Waals surface area contributed by atoms with Crippen molar-refractivity contribution in [2.45, 2.75) is 26.8 Å². The second-order valence-electron chi connectivity index (χ2n) is 5.13. The Bertz CT molecular complexity index is 488. The zero-order valence-electron chi connectivity index (χ0n) is 12.6. The largest absolute Gasteiger partial charge is 0.492 e. The number of hydrogen-bond donors (Lipinski definition) is 3. The van der Waals surface area contributed by atoms with Gasteiger partial charge in [0, 0.05) is 0 Å². The molecule has 0 aliphatic rings. The van der Waals surface area contributed by atoms with Crippen molar-refractivity contribution >= 4 is 12.0 Å². The zero-order chi connectivity index (χ0) is 15.8. The van der Waals surface area contributed by atoms with Gasteiger partial charge in [-0.05, 0) is 30.5 Å². The predicted molar refractivity (Wildman–Crippen MR) is 79.5 cm³/mol. The number of amides is 2. The highest BCUT2D eigenvalue weighted by Gasteiger charge is 2.22. The second kappa shape index (κ2) is 8.14. The lowest BCUT2D eigenvalue weighted by molar-refractivity contribution is -0.140. The molecule has 0 bridgehead atoms. The van der Waals surface area contributed by atoms with E-state index in [-0.39, 0.29) is 5.92 Å². The molecule has 0 aliphatic carbocycles. The average Bonchev–Trinajstić information content (AvgIpc) is 2.40. The standard InChI is InChI=1S/C15H22N2O4/c1-10(2)13(14(18)19)17-15(20)16-7-8-21-12-6-4-5-11(3)9-12/h4-6,9-10,13H,7-8H2,1-3H3,(H,18,19)(H2,16,17,20)/t13-/m0/s1. The molecule has 0 unspecified atom stereocenters. The van der Waals surface area contributed by atoms with E-state index in [1.807, 2.05) is 31.2 Å². The first-order valence-electron chi connectivity index (χ1n) is 6.86. The van der Waals surface area contributed by atoms with Crippen molar-refractivity contribution in [2.75, 3.05) is 13.2 Å². The lowest BCUT2D eigenvalue weighted by Crippen LogP contribution is -2.49. The lowest BCUT2D eigenvalue weighted by atomic mass is 10.1. The molecule has 0 aromatic heterocycles. The van der Waals surface area contributed by atoms with Crippen molar-refractivity contribution in [2.24, 2.45) is 5.92 Å². The van der Waals surface area contributed by atoms with Crippen LogP contribution in [0.15, 0.2) is 24.3 Å². The molecule has 1 aromatic carbocycles. The molecule has 0 spiro atoms. The van der Waals surface area contributed by atoms with Gasteiger partial charge in [0.1, 0.15) is 18.4 Å². The number of carboxylic acid groups (broad SMARTS) is 1.